The van der Waals surface area contributed by atoms with Gasteiger partial charge in [0.1, 0.15) is 17.4 Å². The summed E-state index contributed by atoms with van der Waals surface area (Å²) in [7, 11) is 4.98. The molecule has 3 rings (SSSR count). The molecule has 0 aliphatic rings. The molecule has 2 amide bonds. The summed E-state index contributed by atoms with van der Waals surface area (Å²) in [6, 6.07) is 6.32. The largest absolute Gasteiger partial charge is 0.460 e. The number of rotatable bonds is 13. The Hall–Kier alpha value is -4.29. The van der Waals surface area contributed by atoms with Gasteiger partial charge >= 0.3 is 0 Å². The van der Waals surface area contributed by atoms with E-state index in [0.29, 0.717) is 34.5 Å². The Morgan fingerprint density at radius 1 is 1.24 bits per heavy atom. The first kappa shape index (κ1) is 31.2. The molecule has 3 aromatic rings. The number of nitrogens with one attached hydrogen (secondary N) is 1. The zero-order valence-corrected chi connectivity index (χ0v) is 23.9. The number of halogens is 1. The maximum Gasteiger partial charge on any atom is 0.261 e. The summed E-state index contributed by atoms with van der Waals surface area (Å²) < 4.78 is 21.0. The summed E-state index contributed by atoms with van der Waals surface area (Å²) in [5.74, 6) is -0.502. The number of unbranched alkanes of at least 4 members (excludes halogenated alkanes) is 1. The molecule has 12 heteroatoms. The summed E-state index contributed by atoms with van der Waals surface area (Å²) in [5, 5.41) is 27.0. The lowest BCUT2D eigenvalue weighted by molar-refractivity contribution is -0.129. The molecular formula is C29H37FN6O5. The molecule has 0 saturated heterocycles. The first-order valence-corrected chi connectivity index (χ1v) is 13.2. The van der Waals surface area contributed by atoms with Crippen molar-refractivity contribution in [1.82, 2.24) is 29.7 Å². The van der Waals surface area contributed by atoms with Gasteiger partial charge in [-0.25, -0.2) is 13.9 Å². The Morgan fingerprint density at radius 3 is 2.66 bits per heavy atom. The Balaban J connectivity index is 2.19. The van der Waals surface area contributed by atoms with Crippen molar-refractivity contribution in [2.24, 2.45) is 0 Å². The third-order valence-corrected chi connectivity index (χ3v) is 6.07. The molecular weight excluding hydrogens is 531 g/mol. The monoisotopic (exact) mass is 568 g/mol. The lowest BCUT2D eigenvalue weighted by atomic mass is 9.96. The van der Waals surface area contributed by atoms with Gasteiger partial charge in [-0.05, 0) is 30.2 Å². The predicted molar refractivity (Wildman–Crippen MR) is 152 cm³/mol. The number of benzene rings is 1. The second kappa shape index (κ2) is 14.4. The minimum Gasteiger partial charge on any atom is -0.460 e. The van der Waals surface area contributed by atoms with E-state index in [0.717, 1.165) is 6.42 Å². The van der Waals surface area contributed by atoms with Gasteiger partial charge in [0, 0.05) is 57.8 Å². The van der Waals surface area contributed by atoms with Crippen LogP contribution in [-0.2, 0) is 4.79 Å². The molecule has 2 aromatic heterocycles. The highest BCUT2D eigenvalue weighted by Gasteiger charge is 2.22. The van der Waals surface area contributed by atoms with E-state index < -0.39 is 25.0 Å². The molecule has 2 unspecified atom stereocenters. The molecule has 2 heterocycles. The van der Waals surface area contributed by atoms with Crippen molar-refractivity contribution in [2.45, 2.75) is 39.2 Å². The topological polar surface area (TPSA) is 133 Å². The molecule has 0 bridgehead atoms. The summed E-state index contributed by atoms with van der Waals surface area (Å²) in [4.78, 5) is 33.4. The van der Waals surface area contributed by atoms with Gasteiger partial charge in [-0.3, -0.25) is 9.59 Å². The number of nitrogens with zero attached hydrogens (tertiary/aromatic N) is 5. The van der Waals surface area contributed by atoms with E-state index in [1.54, 1.807) is 56.8 Å². The lowest BCUT2D eigenvalue weighted by Crippen LogP contribution is -2.33. The quantitative estimate of drug-likeness (QED) is 0.268. The van der Waals surface area contributed by atoms with Crippen LogP contribution in [0.5, 0.6) is 5.75 Å². The van der Waals surface area contributed by atoms with Gasteiger partial charge in [0.25, 0.3) is 5.91 Å². The fourth-order valence-corrected chi connectivity index (χ4v) is 3.97. The van der Waals surface area contributed by atoms with Crippen molar-refractivity contribution in [2.75, 3.05) is 34.3 Å². The number of aliphatic hydroxyl groups is 2. The Labute approximate surface area is 238 Å². The van der Waals surface area contributed by atoms with Crippen LogP contribution in [-0.4, -0.2) is 87.1 Å². The van der Waals surface area contributed by atoms with Gasteiger partial charge in [0.15, 0.2) is 5.65 Å². The summed E-state index contributed by atoms with van der Waals surface area (Å²) in [6.45, 7) is 2.71. The zero-order valence-electron chi connectivity index (χ0n) is 23.9. The van der Waals surface area contributed by atoms with Crippen LogP contribution in [0.2, 0.25) is 0 Å². The fraction of sp³-hybridized carbons (Fsp3) is 0.379. The van der Waals surface area contributed by atoms with Crippen molar-refractivity contribution in [3.05, 3.63) is 77.5 Å². The SMILES string of the molecule is CCC/C=C(/C(=C\N(C)CC(=O)N(C)C)NC(=O)c1cnn2cccnc12)c1cc(C(O)CO)ccc1OC(C)F. The number of aromatic nitrogens is 3. The number of alkyl halides is 1. The highest BCUT2D eigenvalue weighted by Crippen LogP contribution is 2.34. The van der Waals surface area contributed by atoms with Gasteiger partial charge in [-0.15, -0.1) is 0 Å². The molecule has 0 aliphatic carbocycles. The zero-order chi connectivity index (χ0) is 30.1. The van der Waals surface area contributed by atoms with Gasteiger partial charge in [0.2, 0.25) is 12.3 Å². The highest BCUT2D eigenvalue weighted by atomic mass is 19.1. The molecule has 11 nitrogen and oxygen atoms in total. The molecule has 0 saturated carbocycles. The number of hydrogen-bond donors (Lipinski definition) is 3. The molecule has 41 heavy (non-hydrogen) atoms. The molecule has 0 fully saturated rings. The second-order valence-electron chi connectivity index (χ2n) is 9.67. The summed E-state index contributed by atoms with van der Waals surface area (Å²) in [6.07, 6.45) is 6.60. The van der Waals surface area contributed by atoms with Gasteiger partial charge in [-0.1, -0.05) is 25.5 Å². The van der Waals surface area contributed by atoms with Crippen LogP contribution in [0.15, 0.2) is 60.8 Å². The van der Waals surface area contributed by atoms with Crippen LogP contribution in [0.4, 0.5) is 4.39 Å². The van der Waals surface area contributed by atoms with E-state index in [1.807, 2.05) is 13.0 Å². The summed E-state index contributed by atoms with van der Waals surface area (Å²) >= 11 is 0. The first-order chi connectivity index (χ1) is 19.5. The molecule has 1 aromatic carbocycles. The van der Waals surface area contributed by atoms with Crippen molar-refractivity contribution in [3.8, 4) is 5.75 Å². The lowest BCUT2D eigenvalue weighted by Gasteiger charge is -2.23. The minimum atomic E-state index is -1.65. The maximum absolute atomic E-state index is 14.1. The van der Waals surface area contributed by atoms with E-state index in [-0.39, 0.29) is 23.8 Å². The molecule has 220 valence electrons. The standard InChI is InChI=1S/C29H37FN6O5/c1-6-7-9-21(22-14-20(25(38)18-37)10-11-26(22)41-19(2)30)24(16-35(5)17-27(39)34(3)4)33-29(40)23-15-32-36-13-8-12-31-28(23)36/h8-16,19,25,37-38H,6-7,17-18H2,1-5H3,(H,33,40)/b21-9+,24-16+. The third-order valence-electron chi connectivity index (χ3n) is 6.07. The molecule has 3 N–H and O–H groups in total. The predicted octanol–water partition coefficient (Wildman–Crippen LogP) is 2.92. The molecule has 0 spiro atoms. The van der Waals surface area contributed by atoms with E-state index in [2.05, 4.69) is 15.4 Å². The van der Waals surface area contributed by atoms with E-state index in [4.69, 9.17) is 4.74 Å². The Morgan fingerprint density at radius 2 is 2.00 bits per heavy atom. The molecule has 0 aliphatic heterocycles. The third kappa shape index (κ3) is 8.12. The van der Waals surface area contributed by atoms with Crippen LogP contribution >= 0.6 is 0 Å². The van der Waals surface area contributed by atoms with Crippen LogP contribution in [0, 0.1) is 0 Å². The average molecular weight is 569 g/mol. The van der Waals surface area contributed by atoms with Crippen molar-refractivity contribution in [3.63, 3.8) is 0 Å². The number of aliphatic hydroxyl groups excluding tert-OH is 2. The second-order valence-corrected chi connectivity index (χ2v) is 9.67. The number of carbonyl (C=O) groups excluding carboxylic acids is 2. The summed E-state index contributed by atoms with van der Waals surface area (Å²) in [5.41, 5.74) is 2.08. The molecule has 0 radical (unpaired) electrons. The van der Waals surface area contributed by atoms with Crippen molar-refractivity contribution >= 4 is 23.0 Å². The average Bonchev–Trinajstić information content (AvgIpc) is 3.37. The van der Waals surface area contributed by atoms with Crippen LogP contribution in [0.25, 0.3) is 11.2 Å². The Bertz CT molecular complexity index is 1420. The van der Waals surface area contributed by atoms with Gasteiger partial charge in [-0.2, -0.15) is 5.10 Å². The van der Waals surface area contributed by atoms with Gasteiger partial charge in [0.05, 0.1) is 25.0 Å². The number of hydrogen-bond acceptors (Lipinski definition) is 8. The smallest absolute Gasteiger partial charge is 0.261 e. The van der Waals surface area contributed by atoms with E-state index in [9.17, 15) is 24.2 Å². The maximum atomic E-state index is 14.1. The first-order valence-electron chi connectivity index (χ1n) is 13.2. The van der Waals surface area contributed by atoms with Crippen LogP contribution in [0.1, 0.15) is 54.3 Å². The van der Waals surface area contributed by atoms with Crippen molar-refractivity contribution in [1.29, 1.82) is 0 Å². The van der Waals surface area contributed by atoms with E-state index in [1.165, 1.54) is 34.7 Å². The van der Waals surface area contributed by atoms with Gasteiger partial charge < -0.3 is 30.1 Å². The normalized spacial score (nSPS) is 13.6. The molecule has 2 atom stereocenters. The van der Waals surface area contributed by atoms with Crippen LogP contribution in [0.3, 0.4) is 0 Å². The number of likely N-dealkylation sites (N-methyl/N-ethyl adjacent to an activating group) is 2. The fourth-order valence-electron chi connectivity index (χ4n) is 3.97. The minimum absolute atomic E-state index is 0.0137. The number of fused-ring (bicyclic) bond motifs is 1. The highest BCUT2D eigenvalue weighted by molar-refractivity contribution is 6.02. The van der Waals surface area contributed by atoms with Crippen molar-refractivity contribution < 1.29 is 28.9 Å². The van der Waals surface area contributed by atoms with E-state index >= 15 is 0 Å². The number of carbonyl (C=O) groups is 2. The number of allylic oxidation sites excluding steroid dienone is 2. The van der Waals surface area contributed by atoms with Crippen LogP contribution < -0.4 is 10.1 Å². The number of amides is 2. The Kier molecular flexibility index (Phi) is 11.0. The number of ether oxygens (including phenoxy) is 1.